The maximum atomic E-state index is 12.8. The zero-order valence-corrected chi connectivity index (χ0v) is 17.7. The van der Waals surface area contributed by atoms with E-state index in [0.29, 0.717) is 35.2 Å². The Hall–Kier alpha value is -3.71. The molecule has 32 heavy (non-hydrogen) atoms. The van der Waals surface area contributed by atoms with Gasteiger partial charge in [-0.1, -0.05) is 36.4 Å². The minimum Gasteiger partial charge on any atom is -0.437 e. The van der Waals surface area contributed by atoms with Crippen LogP contribution in [0.1, 0.15) is 35.2 Å². The highest BCUT2D eigenvalue weighted by Crippen LogP contribution is 2.26. The summed E-state index contributed by atoms with van der Waals surface area (Å²) in [6.45, 7) is 0.632. The van der Waals surface area contributed by atoms with E-state index in [1.54, 1.807) is 24.4 Å². The van der Waals surface area contributed by atoms with E-state index in [4.69, 9.17) is 4.74 Å². The summed E-state index contributed by atoms with van der Waals surface area (Å²) in [5.41, 5.74) is 3.44. The van der Waals surface area contributed by atoms with E-state index in [9.17, 15) is 14.4 Å². The average molecular weight is 432 g/mol. The third kappa shape index (κ3) is 4.78. The summed E-state index contributed by atoms with van der Waals surface area (Å²) in [6, 6.07) is 14.7. The molecule has 2 heterocycles. The van der Waals surface area contributed by atoms with Gasteiger partial charge in [0.2, 0.25) is 0 Å². The first-order chi connectivity index (χ1) is 15.5. The van der Waals surface area contributed by atoms with Gasteiger partial charge in [-0.15, -0.1) is 0 Å². The molecule has 3 aromatic rings. The van der Waals surface area contributed by atoms with Crippen LogP contribution in [-0.2, 0) is 9.53 Å². The first-order valence-corrected chi connectivity index (χ1v) is 10.5. The maximum absolute atomic E-state index is 12.8. The van der Waals surface area contributed by atoms with E-state index < -0.39 is 6.16 Å². The summed E-state index contributed by atoms with van der Waals surface area (Å²) < 4.78 is 9.49. The molecule has 1 aliphatic rings. The van der Waals surface area contributed by atoms with Crippen LogP contribution in [0.3, 0.4) is 0 Å². The van der Waals surface area contributed by atoms with Crippen LogP contribution in [0.4, 0.5) is 4.79 Å². The number of methoxy groups -OCH3 is 1. The Labute approximate surface area is 185 Å². The van der Waals surface area contributed by atoms with E-state index in [-0.39, 0.29) is 30.4 Å². The number of hydrogen-bond donors (Lipinski definition) is 2. The van der Waals surface area contributed by atoms with Crippen LogP contribution in [0, 0.1) is 0 Å². The normalized spacial score (nSPS) is 15.8. The van der Waals surface area contributed by atoms with Gasteiger partial charge in [-0.05, 0) is 29.7 Å². The van der Waals surface area contributed by atoms with Crippen molar-refractivity contribution in [3.05, 3.63) is 71.9 Å². The Kier molecular flexibility index (Phi) is 6.47. The number of hydrogen-bond acceptors (Lipinski definition) is 6. The summed E-state index contributed by atoms with van der Waals surface area (Å²) in [5.74, 6) is 0.236. The summed E-state index contributed by atoms with van der Waals surface area (Å²) in [5, 5.41) is 3.95. The van der Waals surface area contributed by atoms with Gasteiger partial charge in [0, 0.05) is 48.1 Å². The van der Waals surface area contributed by atoms with Crippen LogP contribution >= 0.6 is 0 Å². The summed E-state index contributed by atoms with van der Waals surface area (Å²) in [7, 11) is 1.23. The highest BCUT2D eigenvalue weighted by atomic mass is 16.7. The van der Waals surface area contributed by atoms with Crippen LogP contribution < -0.4 is 10.1 Å². The maximum Gasteiger partial charge on any atom is 0.513 e. The SMILES string of the molecule is COC(=O)Oc1ccc2c(C(=O)CCC(=O)C3CC(c4ccccc4)=CCN3)c[nH]c2c1. The number of Topliss-reactive ketones (excluding diaryl/α,β-unsaturated/α-hetero) is 2. The standard InChI is InChI=1S/C25H24N2O5/c1-31-25(30)32-18-7-8-19-20(15-27-21(19)14-18)23(28)9-10-24(29)22-13-17(11-12-26-22)16-5-3-2-4-6-16/h2-8,11,14-15,22,26-27H,9-10,12-13H2,1H3. The molecule has 7 nitrogen and oxygen atoms in total. The summed E-state index contributed by atoms with van der Waals surface area (Å²) >= 11 is 0. The number of aromatic nitrogens is 1. The molecular formula is C25H24N2O5. The van der Waals surface area contributed by atoms with Crippen LogP contribution in [0.15, 0.2) is 60.8 Å². The molecule has 0 radical (unpaired) electrons. The molecule has 1 unspecified atom stereocenters. The average Bonchev–Trinajstić information content (AvgIpc) is 3.26. The van der Waals surface area contributed by atoms with Crippen LogP contribution in [0.2, 0.25) is 0 Å². The fraction of sp³-hybridized carbons (Fsp3) is 0.240. The first kappa shape index (κ1) is 21.5. The monoisotopic (exact) mass is 432 g/mol. The van der Waals surface area contributed by atoms with Crippen molar-refractivity contribution in [2.45, 2.75) is 25.3 Å². The topological polar surface area (TPSA) is 97.5 Å². The molecule has 1 aromatic heterocycles. The second kappa shape index (κ2) is 9.62. The van der Waals surface area contributed by atoms with Crippen molar-refractivity contribution in [3.8, 4) is 5.75 Å². The Morgan fingerprint density at radius 2 is 1.88 bits per heavy atom. The zero-order valence-electron chi connectivity index (χ0n) is 17.7. The van der Waals surface area contributed by atoms with E-state index in [2.05, 4.69) is 21.1 Å². The van der Waals surface area contributed by atoms with Crippen LogP contribution in [0.25, 0.3) is 16.5 Å². The number of nitrogens with one attached hydrogen (secondary N) is 2. The molecular weight excluding hydrogens is 408 g/mol. The minimum absolute atomic E-state index is 0.0356. The molecule has 1 aliphatic heterocycles. The largest absolute Gasteiger partial charge is 0.513 e. The number of rotatable bonds is 7. The molecule has 0 saturated heterocycles. The highest BCUT2D eigenvalue weighted by molar-refractivity contribution is 6.09. The lowest BCUT2D eigenvalue weighted by Gasteiger charge is -2.23. The minimum atomic E-state index is -0.813. The lowest BCUT2D eigenvalue weighted by Crippen LogP contribution is -2.39. The number of fused-ring (bicyclic) bond motifs is 1. The van der Waals surface area contributed by atoms with Gasteiger partial charge in [-0.25, -0.2) is 4.79 Å². The predicted octanol–water partition coefficient (Wildman–Crippen LogP) is 4.29. The number of ketones is 2. The molecule has 0 fully saturated rings. The number of aromatic amines is 1. The van der Waals surface area contributed by atoms with Gasteiger partial charge in [0.05, 0.1) is 13.2 Å². The van der Waals surface area contributed by atoms with Crippen molar-refractivity contribution < 1.29 is 23.9 Å². The molecule has 2 aromatic carbocycles. The number of benzene rings is 2. The Morgan fingerprint density at radius 1 is 1.06 bits per heavy atom. The van der Waals surface area contributed by atoms with Crippen LogP contribution in [-0.4, -0.2) is 42.4 Å². The van der Waals surface area contributed by atoms with Crippen molar-refractivity contribution in [1.29, 1.82) is 0 Å². The molecule has 1 atom stereocenters. The molecule has 4 rings (SSSR count). The van der Waals surface area contributed by atoms with Crippen molar-refractivity contribution in [2.75, 3.05) is 13.7 Å². The van der Waals surface area contributed by atoms with Gasteiger partial charge in [0.1, 0.15) is 5.75 Å². The molecule has 0 saturated carbocycles. The number of carbonyl (C=O) groups is 3. The van der Waals surface area contributed by atoms with Crippen molar-refractivity contribution in [2.24, 2.45) is 0 Å². The third-order valence-corrected chi connectivity index (χ3v) is 5.59. The Balaban J connectivity index is 1.37. The number of carbonyl (C=O) groups excluding carboxylic acids is 3. The number of H-pyrrole nitrogens is 1. The van der Waals surface area contributed by atoms with Gasteiger partial charge in [0.15, 0.2) is 11.6 Å². The molecule has 0 aliphatic carbocycles. The fourth-order valence-corrected chi connectivity index (χ4v) is 3.90. The van der Waals surface area contributed by atoms with E-state index in [1.807, 2.05) is 30.3 Å². The zero-order chi connectivity index (χ0) is 22.5. The second-order valence-corrected chi connectivity index (χ2v) is 7.62. The molecule has 0 spiro atoms. The van der Waals surface area contributed by atoms with Crippen molar-refractivity contribution in [3.63, 3.8) is 0 Å². The summed E-state index contributed by atoms with van der Waals surface area (Å²) in [6.07, 6.45) is 3.84. The second-order valence-electron chi connectivity index (χ2n) is 7.62. The Morgan fingerprint density at radius 3 is 2.66 bits per heavy atom. The highest BCUT2D eigenvalue weighted by Gasteiger charge is 2.24. The van der Waals surface area contributed by atoms with Gasteiger partial charge in [-0.3, -0.25) is 9.59 Å². The smallest absolute Gasteiger partial charge is 0.437 e. The first-order valence-electron chi connectivity index (χ1n) is 10.5. The van der Waals surface area contributed by atoms with Crippen molar-refractivity contribution in [1.82, 2.24) is 10.3 Å². The van der Waals surface area contributed by atoms with Gasteiger partial charge in [-0.2, -0.15) is 0 Å². The molecule has 164 valence electrons. The van der Waals surface area contributed by atoms with Gasteiger partial charge >= 0.3 is 6.16 Å². The molecule has 0 amide bonds. The van der Waals surface area contributed by atoms with E-state index >= 15 is 0 Å². The fourth-order valence-electron chi connectivity index (χ4n) is 3.90. The van der Waals surface area contributed by atoms with E-state index in [0.717, 1.165) is 11.1 Å². The molecule has 7 heteroatoms. The van der Waals surface area contributed by atoms with Crippen molar-refractivity contribution >= 4 is 34.2 Å². The third-order valence-electron chi connectivity index (χ3n) is 5.59. The lowest BCUT2D eigenvalue weighted by atomic mass is 9.91. The predicted molar refractivity (Wildman–Crippen MR) is 121 cm³/mol. The molecule has 0 bridgehead atoms. The number of ether oxygens (including phenoxy) is 2. The lowest BCUT2D eigenvalue weighted by molar-refractivity contribution is -0.120. The van der Waals surface area contributed by atoms with Crippen LogP contribution in [0.5, 0.6) is 5.75 Å². The quantitative estimate of drug-likeness (QED) is 0.328. The summed E-state index contributed by atoms with van der Waals surface area (Å²) in [4.78, 5) is 39.9. The van der Waals surface area contributed by atoms with Gasteiger partial charge < -0.3 is 19.8 Å². The molecule has 2 N–H and O–H groups in total. The Bertz CT molecular complexity index is 1180. The van der Waals surface area contributed by atoms with Gasteiger partial charge in [0.25, 0.3) is 0 Å². The van der Waals surface area contributed by atoms with E-state index in [1.165, 1.54) is 7.11 Å².